The van der Waals surface area contributed by atoms with Crippen molar-refractivity contribution in [2.45, 2.75) is 44.8 Å². The van der Waals surface area contributed by atoms with Crippen LogP contribution < -0.4 is 14.8 Å². The van der Waals surface area contributed by atoms with Crippen molar-refractivity contribution in [2.24, 2.45) is 0 Å². The molecule has 2 aliphatic rings. The van der Waals surface area contributed by atoms with E-state index in [0.29, 0.717) is 31.6 Å². The molecule has 1 heterocycles. The summed E-state index contributed by atoms with van der Waals surface area (Å²) in [6.07, 6.45) is 5.90. The Kier molecular flexibility index (Phi) is 8.04. The molecule has 4 rings (SSSR count). The number of ether oxygens (including phenoxy) is 2. The fourth-order valence-electron chi connectivity index (χ4n) is 4.22. The molecule has 1 aliphatic heterocycles. The van der Waals surface area contributed by atoms with E-state index >= 15 is 0 Å². The van der Waals surface area contributed by atoms with Crippen molar-refractivity contribution in [1.29, 1.82) is 0 Å². The molecule has 0 unspecified atom stereocenters. The van der Waals surface area contributed by atoms with Gasteiger partial charge in [0, 0.05) is 10.5 Å². The maximum absolute atomic E-state index is 13.2. The van der Waals surface area contributed by atoms with E-state index in [-0.39, 0.29) is 18.2 Å². The number of hydrogen-bond acceptors (Lipinski definition) is 5. The van der Waals surface area contributed by atoms with Crippen LogP contribution in [0.2, 0.25) is 10.0 Å². The number of nitrogens with zero attached hydrogens (tertiary/aromatic N) is 1. The molecule has 2 aromatic carbocycles. The molecule has 0 atom stereocenters. The molecule has 35 heavy (non-hydrogen) atoms. The first-order valence-electron chi connectivity index (χ1n) is 11.1. The lowest BCUT2D eigenvalue weighted by Gasteiger charge is -2.35. The number of carbonyl (C=O) groups is 3. The van der Waals surface area contributed by atoms with Gasteiger partial charge in [0.2, 0.25) is 0 Å². The largest absolute Gasteiger partial charge is 0.493 e. The third-order valence-electron chi connectivity index (χ3n) is 6.03. The summed E-state index contributed by atoms with van der Waals surface area (Å²) in [5, 5.41) is 3.19. The molecule has 0 bridgehead atoms. The van der Waals surface area contributed by atoms with E-state index in [0.717, 1.165) is 37.7 Å². The van der Waals surface area contributed by atoms with Crippen LogP contribution in [-0.2, 0) is 16.2 Å². The predicted molar refractivity (Wildman–Crippen MR) is 137 cm³/mol. The Balaban J connectivity index is 1.59. The summed E-state index contributed by atoms with van der Waals surface area (Å²) in [6, 6.07) is 7.70. The number of amides is 4. The highest BCUT2D eigenvalue weighted by atomic mass is 79.9. The minimum absolute atomic E-state index is 0.109. The van der Waals surface area contributed by atoms with E-state index in [1.54, 1.807) is 30.3 Å². The van der Waals surface area contributed by atoms with Gasteiger partial charge in [-0.15, -0.1) is 0 Å². The minimum atomic E-state index is -0.724. The molecular formula is C25H23BrCl2N2O5. The maximum Gasteiger partial charge on any atom is 0.331 e. The van der Waals surface area contributed by atoms with Gasteiger partial charge in [0.15, 0.2) is 11.5 Å². The number of hydrogen-bond donors (Lipinski definition) is 1. The van der Waals surface area contributed by atoms with Crippen molar-refractivity contribution in [1.82, 2.24) is 10.2 Å². The smallest absolute Gasteiger partial charge is 0.331 e. The summed E-state index contributed by atoms with van der Waals surface area (Å²) < 4.78 is 12.0. The average Bonchev–Trinajstić information content (AvgIpc) is 2.84. The number of nitrogens with one attached hydrogen (secondary N) is 1. The van der Waals surface area contributed by atoms with Crippen LogP contribution in [0.5, 0.6) is 11.5 Å². The van der Waals surface area contributed by atoms with Gasteiger partial charge < -0.3 is 9.47 Å². The normalized spacial score (nSPS) is 18.1. The van der Waals surface area contributed by atoms with Crippen molar-refractivity contribution in [3.8, 4) is 11.5 Å². The van der Waals surface area contributed by atoms with Crippen LogP contribution in [0.1, 0.15) is 43.2 Å². The van der Waals surface area contributed by atoms with Crippen LogP contribution in [0.15, 0.2) is 40.4 Å². The van der Waals surface area contributed by atoms with Gasteiger partial charge in [-0.3, -0.25) is 19.8 Å². The molecule has 10 heteroatoms. The van der Waals surface area contributed by atoms with Gasteiger partial charge in [-0.25, -0.2) is 4.79 Å². The summed E-state index contributed by atoms with van der Waals surface area (Å²) in [5.74, 6) is -0.454. The number of barbiturate groups is 1. The van der Waals surface area contributed by atoms with E-state index < -0.39 is 17.8 Å². The van der Waals surface area contributed by atoms with Crippen LogP contribution >= 0.6 is 39.1 Å². The van der Waals surface area contributed by atoms with Crippen molar-refractivity contribution in [3.63, 3.8) is 0 Å². The lowest BCUT2D eigenvalue weighted by atomic mass is 9.93. The number of rotatable bonds is 6. The molecule has 184 valence electrons. The molecule has 4 amide bonds. The van der Waals surface area contributed by atoms with Crippen molar-refractivity contribution in [3.05, 3.63) is 61.5 Å². The van der Waals surface area contributed by atoms with E-state index in [1.807, 2.05) is 0 Å². The van der Waals surface area contributed by atoms with E-state index in [9.17, 15) is 14.4 Å². The Hall–Kier alpha value is -2.55. The highest BCUT2D eigenvalue weighted by molar-refractivity contribution is 9.10. The number of urea groups is 1. The summed E-state index contributed by atoms with van der Waals surface area (Å²) in [7, 11) is 1.49. The second kappa shape index (κ2) is 11.0. The van der Waals surface area contributed by atoms with E-state index in [2.05, 4.69) is 21.2 Å². The molecule has 1 saturated carbocycles. The first-order valence-corrected chi connectivity index (χ1v) is 12.7. The lowest BCUT2D eigenvalue weighted by Crippen LogP contribution is -2.58. The Labute approximate surface area is 221 Å². The van der Waals surface area contributed by atoms with Gasteiger partial charge in [-0.2, -0.15) is 0 Å². The van der Waals surface area contributed by atoms with Gasteiger partial charge in [0.05, 0.1) is 17.2 Å². The number of halogens is 3. The molecule has 1 aliphatic carbocycles. The zero-order valence-electron chi connectivity index (χ0n) is 18.9. The highest BCUT2D eigenvalue weighted by Crippen LogP contribution is 2.36. The minimum Gasteiger partial charge on any atom is -0.493 e. The lowest BCUT2D eigenvalue weighted by molar-refractivity contribution is -0.132. The zero-order valence-corrected chi connectivity index (χ0v) is 22.0. The first kappa shape index (κ1) is 25.5. The Morgan fingerprint density at radius 2 is 1.80 bits per heavy atom. The van der Waals surface area contributed by atoms with Crippen molar-refractivity contribution in [2.75, 3.05) is 7.11 Å². The number of imide groups is 2. The summed E-state index contributed by atoms with van der Waals surface area (Å²) in [4.78, 5) is 39.4. The predicted octanol–water partition coefficient (Wildman–Crippen LogP) is 6.14. The molecule has 2 fully saturated rings. The molecule has 0 aromatic heterocycles. The third kappa shape index (κ3) is 5.66. The van der Waals surface area contributed by atoms with Gasteiger partial charge >= 0.3 is 6.03 Å². The Morgan fingerprint density at radius 1 is 1.06 bits per heavy atom. The number of carbonyl (C=O) groups excluding carboxylic acids is 3. The van der Waals surface area contributed by atoms with Crippen molar-refractivity contribution < 1.29 is 23.9 Å². The molecule has 2 aromatic rings. The van der Waals surface area contributed by atoms with Crippen LogP contribution in [0.3, 0.4) is 0 Å². The highest BCUT2D eigenvalue weighted by Gasteiger charge is 2.40. The zero-order chi connectivity index (χ0) is 25.1. The van der Waals surface area contributed by atoms with Crippen LogP contribution in [-0.4, -0.2) is 35.9 Å². The fourth-order valence-corrected chi connectivity index (χ4v) is 4.98. The van der Waals surface area contributed by atoms with Crippen LogP contribution in [0.4, 0.5) is 4.79 Å². The van der Waals surface area contributed by atoms with Crippen LogP contribution in [0.25, 0.3) is 6.08 Å². The summed E-state index contributed by atoms with van der Waals surface area (Å²) in [5.41, 5.74) is 1.24. The second-order valence-electron chi connectivity index (χ2n) is 8.35. The topological polar surface area (TPSA) is 84.9 Å². The molecule has 1 saturated heterocycles. The van der Waals surface area contributed by atoms with Gasteiger partial charge in [-0.1, -0.05) is 64.5 Å². The summed E-state index contributed by atoms with van der Waals surface area (Å²) in [6.45, 7) is 0.222. The van der Waals surface area contributed by atoms with Crippen molar-refractivity contribution >= 4 is 63.1 Å². The standard InChI is InChI=1S/C25H23BrCl2N2O5/c1-34-21-11-15(18(26)12-22(21)35-13-14-7-8-19(27)20(28)9-14)10-17-23(31)29-25(33)30(24(17)32)16-5-3-2-4-6-16/h7-12,16H,2-6,13H2,1H3,(H,29,31,33). The molecule has 7 nitrogen and oxygen atoms in total. The molecule has 0 radical (unpaired) electrons. The van der Waals surface area contributed by atoms with Gasteiger partial charge in [-0.05, 0) is 54.3 Å². The molecular weight excluding hydrogens is 559 g/mol. The Bertz CT molecular complexity index is 1210. The third-order valence-corrected chi connectivity index (χ3v) is 7.46. The van der Waals surface area contributed by atoms with Gasteiger partial charge in [0.25, 0.3) is 11.8 Å². The van der Waals surface area contributed by atoms with E-state index in [4.69, 9.17) is 32.7 Å². The monoisotopic (exact) mass is 580 g/mol. The van der Waals surface area contributed by atoms with Crippen LogP contribution in [0, 0.1) is 0 Å². The average molecular weight is 582 g/mol. The fraction of sp³-hybridized carbons (Fsp3) is 0.320. The quantitative estimate of drug-likeness (QED) is 0.327. The molecule has 1 N–H and O–H groups in total. The molecule has 0 spiro atoms. The SMILES string of the molecule is COc1cc(C=C2C(=O)NC(=O)N(C3CCCCC3)C2=O)c(Br)cc1OCc1ccc(Cl)c(Cl)c1. The number of methoxy groups -OCH3 is 1. The summed E-state index contributed by atoms with van der Waals surface area (Å²) >= 11 is 15.5. The second-order valence-corrected chi connectivity index (χ2v) is 10.0. The maximum atomic E-state index is 13.2. The Morgan fingerprint density at radius 3 is 2.49 bits per heavy atom. The number of benzene rings is 2. The first-order chi connectivity index (χ1) is 16.8. The van der Waals surface area contributed by atoms with Gasteiger partial charge in [0.1, 0.15) is 12.2 Å². The van der Waals surface area contributed by atoms with E-state index in [1.165, 1.54) is 18.1 Å².